The first-order valence-electron chi connectivity index (χ1n) is 3.29. The van der Waals surface area contributed by atoms with Crippen LogP contribution < -0.4 is 0 Å². The van der Waals surface area contributed by atoms with E-state index in [0.29, 0.717) is 16.3 Å². The van der Waals surface area contributed by atoms with Crippen molar-refractivity contribution in [2.45, 2.75) is 6.04 Å². The van der Waals surface area contributed by atoms with Crippen molar-refractivity contribution in [1.82, 2.24) is 0 Å². The quantitative estimate of drug-likeness (QED) is 0.442. The standard InChI is InChI=1S/C7H7F3Si/c8-5-1-2-6(9)7(10)4(5)3-11/h1-2H,3H2,11H3. The van der Waals surface area contributed by atoms with E-state index in [9.17, 15) is 13.2 Å². The zero-order chi connectivity index (χ0) is 8.43. The van der Waals surface area contributed by atoms with Crippen molar-refractivity contribution in [2.24, 2.45) is 0 Å². The molecule has 0 radical (unpaired) electrons. The molecule has 60 valence electrons. The molecule has 1 aromatic rings. The topological polar surface area (TPSA) is 0 Å². The molecule has 0 N–H and O–H groups in total. The Hall–Kier alpha value is -0.773. The van der Waals surface area contributed by atoms with Crippen LogP contribution in [0.4, 0.5) is 13.2 Å². The summed E-state index contributed by atoms with van der Waals surface area (Å²) in [6.45, 7) is 0. The van der Waals surface area contributed by atoms with Gasteiger partial charge in [0.1, 0.15) is 5.82 Å². The van der Waals surface area contributed by atoms with Crippen molar-refractivity contribution in [2.75, 3.05) is 0 Å². The van der Waals surface area contributed by atoms with Crippen molar-refractivity contribution in [3.05, 3.63) is 35.1 Å². The van der Waals surface area contributed by atoms with E-state index in [1.54, 1.807) is 0 Å². The highest BCUT2D eigenvalue weighted by molar-refractivity contribution is 6.08. The second-order valence-corrected chi connectivity index (χ2v) is 2.88. The molecule has 0 saturated carbocycles. The Labute approximate surface area is 65.5 Å². The summed E-state index contributed by atoms with van der Waals surface area (Å²) in [5.41, 5.74) is -0.128. The molecule has 0 saturated heterocycles. The van der Waals surface area contributed by atoms with Gasteiger partial charge in [0.2, 0.25) is 0 Å². The van der Waals surface area contributed by atoms with Crippen molar-refractivity contribution in [3.8, 4) is 0 Å². The predicted molar refractivity (Wildman–Crippen MR) is 40.0 cm³/mol. The first-order valence-corrected chi connectivity index (χ1v) is 4.70. The van der Waals surface area contributed by atoms with E-state index in [2.05, 4.69) is 0 Å². The van der Waals surface area contributed by atoms with Crippen molar-refractivity contribution in [3.63, 3.8) is 0 Å². The number of halogens is 3. The van der Waals surface area contributed by atoms with Crippen molar-refractivity contribution in [1.29, 1.82) is 0 Å². The lowest BCUT2D eigenvalue weighted by Gasteiger charge is -2.00. The van der Waals surface area contributed by atoms with Gasteiger partial charge in [-0.15, -0.1) is 0 Å². The van der Waals surface area contributed by atoms with Crippen LogP contribution >= 0.6 is 0 Å². The molecule has 0 fully saturated rings. The van der Waals surface area contributed by atoms with E-state index in [1.165, 1.54) is 0 Å². The number of hydrogen-bond acceptors (Lipinski definition) is 0. The van der Waals surface area contributed by atoms with Crippen LogP contribution in [0.15, 0.2) is 12.1 Å². The molecule has 0 aliphatic rings. The monoisotopic (exact) mass is 176 g/mol. The number of rotatable bonds is 1. The molecule has 0 nitrogen and oxygen atoms in total. The lowest BCUT2D eigenvalue weighted by atomic mass is 10.2. The van der Waals surface area contributed by atoms with E-state index in [-0.39, 0.29) is 5.56 Å². The second kappa shape index (κ2) is 3.09. The Morgan fingerprint density at radius 3 is 2.09 bits per heavy atom. The van der Waals surface area contributed by atoms with E-state index in [4.69, 9.17) is 0 Å². The second-order valence-electron chi connectivity index (χ2n) is 2.18. The van der Waals surface area contributed by atoms with Crippen molar-refractivity contribution < 1.29 is 13.2 Å². The number of hydrogen-bond donors (Lipinski definition) is 0. The van der Waals surface area contributed by atoms with Gasteiger partial charge >= 0.3 is 0 Å². The summed E-state index contributed by atoms with van der Waals surface area (Å²) in [6, 6.07) is 2.05. The van der Waals surface area contributed by atoms with Gasteiger partial charge in [-0.1, -0.05) is 0 Å². The van der Waals surface area contributed by atoms with Crippen molar-refractivity contribution >= 4 is 10.2 Å². The van der Waals surface area contributed by atoms with Crippen LogP contribution in [0.1, 0.15) is 5.56 Å². The molecule has 0 atom stereocenters. The van der Waals surface area contributed by atoms with Crippen LogP contribution in [0.3, 0.4) is 0 Å². The van der Waals surface area contributed by atoms with Gasteiger partial charge in [0.05, 0.1) is 0 Å². The van der Waals surface area contributed by atoms with Gasteiger partial charge in [-0.25, -0.2) is 13.2 Å². The molecule has 0 bridgehead atoms. The number of benzene rings is 1. The van der Waals surface area contributed by atoms with Gasteiger partial charge in [-0.3, -0.25) is 0 Å². The highest BCUT2D eigenvalue weighted by atomic mass is 28.1. The molecule has 0 spiro atoms. The summed E-state index contributed by atoms with van der Waals surface area (Å²) in [4.78, 5) is 0. The Balaban J connectivity index is 3.29. The Morgan fingerprint density at radius 2 is 1.64 bits per heavy atom. The van der Waals surface area contributed by atoms with Crippen LogP contribution in [0.2, 0.25) is 0 Å². The minimum atomic E-state index is -1.04. The predicted octanol–water partition coefficient (Wildman–Crippen LogP) is 0.969. The summed E-state index contributed by atoms with van der Waals surface area (Å²) in [5, 5.41) is 0. The first kappa shape index (κ1) is 8.32. The average molecular weight is 176 g/mol. The summed E-state index contributed by atoms with van der Waals surface area (Å²) >= 11 is 0. The van der Waals surface area contributed by atoms with Crippen LogP contribution in [0.25, 0.3) is 0 Å². The van der Waals surface area contributed by atoms with Crippen LogP contribution in [-0.2, 0) is 6.04 Å². The maximum Gasteiger partial charge on any atom is 0.164 e. The Kier molecular flexibility index (Phi) is 2.33. The third kappa shape index (κ3) is 1.45. The van der Waals surface area contributed by atoms with E-state index < -0.39 is 17.5 Å². The van der Waals surface area contributed by atoms with Gasteiger partial charge < -0.3 is 0 Å². The smallest absolute Gasteiger partial charge is 0.164 e. The maximum absolute atomic E-state index is 12.7. The normalized spacial score (nSPS) is 10.5. The SMILES string of the molecule is Fc1ccc(F)c(C[SiH3])c1F. The molecule has 0 unspecified atom stereocenters. The van der Waals surface area contributed by atoms with E-state index >= 15 is 0 Å². The maximum atomic E-state index is 12.7. The molecular formula is C7H7F3Si. The molecule has 0 aliphatic carbocycles. The highest BCUT2D eigenvalue weighted by Crippen LogP contribution is 2.14. The van der Waals surface area contributed by atoms with Gasteiger partial charge in [0.25, 0.3) is 0 Å². The summed E-state index contributed by atoms with van der Waals surface area (Å²) in [7, 11) is 0.625. The molecule has 0 aliphatic heterocycles. The van der Waals surface area contributed by atoms with Gasteiger partial charge in [0, 0.05) is 15.8 Å². The van der Waals surface area contributed by atoms with Gasteiger partial charge in [-0.2, -0.15) is 0 Å². The molecule has 1 rings (SSSR count). The lowest BCUT2D eigenvalue weighted by molar-refractivity contribution is 0.485. The lowest BCUT2D eigenvalue weighted by Crippen LogP contribution is -1.98. The van der Waals surface area contributed by atoms with E-state index in [1.807, 2.05) is 0 Å². The summed E-state index contributed by atoms with van der Waals surface area (Å²) in [6.07, 6.45) is 0. The fraction of sp³-hybridized carbons (Fsp3) is 0.143. The third-order valence-electron chi connectivity index (χ3n) is 1.49. The van der Waals surface area contributed by atoms with Crippen LogP contribution in [0, 0.1) is 17.5 Å². The fourth-order valence-corrected chi connectivity index (χ4v) is 1.54. The zero-order valence-electron chi connectivity index (χ0n) is 6.00. The minimum Gasteiger partial charge on any atom is -0.207 e. The largest absolute Gasteiger partial charge is 0.207 e. The fourth-order valence-electron chi connectivity index (χ4n) is 0.893. The Bertz CT molecular complexity index is 273. The zero-order valence-corrected chi connectivity index (χ0v) is 8.00. The first-order chi connectivity index (χ1) is 5.16. The van der Waals surface area contributed by atoms with Gasteiger partial charge in [-0.05, 0) is 18.2 Å². The van der Waals surface area contributed by atoms with E-state index in [0.717, 1.165) is 12.1 Å². The van der Waals surface area contributed by atoms with Gasteiger partial charge in [0.15, 0.2) is 11.6 Å². The molecule has 1 aromatic carbocycles. The molecular weight excluding hydrogens is 169 g/mol. The van der Waals surface area contributed by atoms with Crippen LogP contribution in [0.5, 0.6) is 0 Å². The third-order valence-corrected chi connectivity index (χ3v) is 2.20. The molecule has 0 heterocycles. The molecule has 11 heavy (non-hydrogen) atoms. The molecule has 4 heteroatoms. The molecule has 0 amide bonds. The van der Waals surface area contributed by atoms with Crippen LogP contribution in [-0.4, -0.2) is 10.2 Å². The Morgan fingerprint density at radius 1 is 1.09 bits per heavy atom. The summed E-state index contributed by atoms with van der Waals surface area (Å²) < 4.78 is 37.7. The molecule has 0 aromatic heterocycles. The minimum absolute atomic E-state index is 0.128. The average Bonchev–Trinajstić information content (AvgIpc) is 1.99. The summed E-state index contributed by atoms with van der Waals surface area (Å²) in [5.74, 6) is -2.67. The highest BCUT2D eigenvalue weighted by Gasteiger charge is 2.10.